The zero-order valence-electron chi connectivity index (χ0n) is 9.40. The summed E-state index contributed by atoms with van der Waals surface area (Å²) in [7, 11) is -1.24. The Hall–Kier alpha value is -0.393. The molecule has 0 bridgehead atoms. The molecule has 0 spiro atoms. The average molecular weight is 232 g/mol. The van der Waals surface area contributed by atoms with E-state index in [4.69, 9.17) is 9.84 Å². The van der Waals surface area contributed by atoms with Crippen molar-refractivity contribution in [3.8, 4) is 0 Å². The Labute approximate surface area is 91.9 Å². The number of aliphatic carboxylic acids is 1. The molecular formula is C10H20O4Si. The summed E-state index contributed by atoms with van der Waals surface area (Å²) in [5.41, 5.74) is 0. The van der Waals surface area contributed by atoms with Gasteiger partial charge in [0.15, 0.2) is 0 Å². The summed E-state index contributed by atoms with van der Waals surface area (Å²) in [4.78, 5) is 10.6. The van der Waals surface area contributed by atoms with E-state index in [9.17, 15) is 9.90 Å². The lowest BCUT2D eigenvalue weighted by molar-refractivity contribution is -0.146. The molecule has 2 N–H and O–H groups in total. The first-order valence-corrected chi connectivity index (χ1v) is 8.41. The summed E-state index contributed by atoms with van der Waals surface area (Å²) < 4.78 is 5.74. The van der Waals surface area contributed by atoms with E-state index in [2.05, 4.69) is 13.1 Å². The maximum Gasteiger partial charge on any atom is 0.306 e. The van der Waals surface area contributed by atoms with Gasteiger partial charge in [0.1, 0.15) is 0 Å². The van der Waals surface area contributed by atoms with Crippen LogP contribution in [0.5, 0.6) is 0 Å². The molecule has 2 atom stereocenters. The minimum atomic E-state index is -1.24. The lowest BCUT2D eigenvalue weighted by atomic mass is 10.0. The highest BCUT2D eigenvalue weighted by Gasteiger charge is 2.44. The van der Waals surface area contributed by atoms with E-state index in [-0.39, 0.29) is 6.42 Å². The van der Waals surface area contributed by atoms with Crippen LogP contribution >= 0.6 is 0 Å². The van der Waals surface area contributed by atoms with E-state index in [1.54, 1.807) is 0 Å². The van der Waals surface area contributed by atoms with Crippen LogP contribution in [0, 0.1) is 0 Å². The number of hydrogen-bond acceptors (Lipinski definition) is 3. The van der Waals surface area contributed by atoms with Gasteiger partial charge in [0.25, 0.3) is 0 Å². The molecule has 0 amide bonds. The summed E-state index contributed by atoms with van der Waals surface area (Å²) in [6.07, 6.45) is 1.81. The molecule has 1 aliphatic rings. The van der Waals surface area contributed by atoms with E-state index >= 15 is 0 Å². The number of aliphatic hydroxyl groups is 1. The standard InChI is InChI=1S/C10H20O4Si/c1-15(2)10(5-3-4-6-14-10)8(11)7-9(12)13/h8,11,15H,3-7H2,1-2H3,(H,12,13). The van der Waals surface area contributed by atoms with E-state index in [0.717, 1.165) is 19.3 Å². The van der Waals surface area contributed by atoms with Crippen LogP contribution in [0.3, 0.4) is 0 Å². The normalized spacial score (nSPS) is 29.1. The van der Waals surface area contributed by atoms with E-state index in [1.165, 1.54) is 0 Å². The van der Waals surface area contributed by atoms with Crippen LogP contribution in [0.1, 0.15) is 25.7 Å². The van der Waals surface area contributed by atoms with Gasteiger partial charge in [0.05, 0.1) is 26.5 Å². The maximum absolute atomic E-state index is 10.6. The van der Waals surface area contributed by atoms with Crippen LogP contribution in [0.2, 0.25) is 13.1 Å². The van der Waals surface area contributed by atoms with Gasteiger partial charge >= 0.3 is 5.97 Å². The third kappa shape index (κ3) is 2.80. The van der Waals surface area contributed by atoms with Crippen LogP contribution in [0.25, 0.3) is 0 Å². The summed E-state index contributed by atoms with van der Waals surface area (Å²) in [6.45, 7) is 4.87. The van der Waals surface area contributed by atoms with Gasteiger partial charge in [-0.25, -0.2) is 0 Å². The molecule has 4 nitrogen and oxygen atoms in total. The van der Waals surface area contributed by atoms with Gasteiger partial charge in [0.2, 0.25) is 0 Å². The predicted molar refractivity (Wildman–Crippen MR) is 59.7 cm³/mol. The Morgan fingerprint density at radius 1 is 1.53 bits per heavy atom. The fraction of sp³-hybridized carbons (Fsp3) is 0.900. The highest BCUT2D eigenvalue weighted by atomic mass is 28.3. The Bertz CT molecular complexity index is 223. The highest BCUT2D eigenvalue weighted by Crippen LogP contribution is 2.32. The van der Waals surface area contributed by atoms with Crippen molar-refractivity contribution in [3.63, 3.8) is 0 Å². The fourth-order valence-electron chi connectivity index (χ4n) is 2.28. The number of ether oxygens (including phenoxy) is 1. The summed E-state index contributed by atoms with van der Waals surface area (Å²) in [5.74, 6) is -0.953. The van der Waals surface area contributed by atoms with Gasteiger partial charge in [-0.2, -0.15) is 0 Å². The number of rotatable bonds is 4. The van der Waals surface area contributed by atoms with Gasteiger partial charge < -0.3 is 14.9 Å². The van der Waals surface area contributed by atoms with Crippen molar-refractivity contribution in [2.75, 3.05) is 6.61 Å². The number of carboxylic acids is 1. The third-order valence-electron chi connectivity index (χ3n) is 3.24. The summed E-state index contributed by atoms with van der Waals surface area (Å²) in [5, 5.41) is 18.2. The predicted octanol–water partition coefficient (Wildman–Crippen LogP) is 0.787. The smallest absolute Gasteiger partial charge is 0.306 e. The molecule has 2 unspecified atom stereocenters. The molecule has 0 aliphatic carbocycles. The molecule has 0 saturated carbocycles. The van der Waals surface area contributed by atoms with Crippen molar-refractivity contribution < 1.29 is 19.7 Å². The van der Waals surface area contributed by atoms with E-state index in [0.29, 0.717) is 6.61 Å². The first-order chi connectivity index (χ1) is 6.99. The van der Waals surface area contributed by atoms with Gasteiger partial charge in [-0.1, -0.05) is 13.1 Å². The van der Waals surface area contributed by atoms with Crippen molar-refractivity contribution in [1.29, 1.82) is 0 Å². The zero-order valence-corrected chi connectivity index (χ0v) is 10.6. The van der Waals surface area contributed by atoms with Gasteiger partial charge in [-0.3, -0.25) is 4.79 Å². The monoisotopic (exact) mass is 232 g/mol. The fourth-order valence-corrected chi connectivity index (χ4v) is 4.40. The van der Waals surface area contributed by atoms with Crippen LogP contribution in [0.4, 0.5) is 0 Å². The Morgan fingerprint density at radius 3 is 2.60 bits per heavy atom. The third-order valence-corrected chi connectivity index (χ3v) is 6.04. The molecule has 0 radical (unpaired) electrons. The molecule has 5 heteroatoms. The quantitative estimate of drug-likeness (QED) is 0.703. The van der Waals surface area contributed by atoms with Crippen molar-refractivity contribution in [2.24, 2.45) is 0 Å². The van der Waals surface area contributed by atoms with Crippen molar-refractivity contribution in [3.05, 3.63) is 0 Å². The van der Waals surface area contributed by atoms with Crippen LogP contribution in [-0.2, 0) is 9.53 Å². The minimum absolute atomic E-state index is 0.203. The van der Waals surface area contributed by atoms with Gasteiger partial charge in [0, 0.05) is 6.61 Å². The average Bonchev–Trinajstić information content (AvgIpc) is 2.17. The second kappa shape index (κ2) is 5.09. The minimum Gasteiger partial charge on any atom is -0.481 e. The maximum atomic E-state index is 10.6. The Balaban J connectivity index is 2.75. The van der Waals surface area contributed by atoms with Crippen molar-refractivity contribution in [2.45, 2.75) is 50.1 Å². The molecule has 0 aromatic heterocycles. The molecule has 1 aliphatic heterocycles. The molecule has 88 valence electrons. The second-order valence-electron chi connectivity index (χ2n) is 4.53. The van der Waals surface area contributed by atoms with Crippen LogP contribution in [0.15, 0.2) is 0 Å². The van der Waals surface area contributed by atoms with E-state index < -0.39 is 26.1 Å². The van der Waals surface area contributed by atoms with Crippen LogP contribution < -0.4 is 0 Å². The van der Waals surface area contributed by atoms with Gasteiger partial charge in [-0.15, -0.1) is 0 Å². The summed E-state index contributed by atoms with van der Waals surface area (Å²) in [6, 6.07) is 0. The molecule has 15 heavy (non-hydrogen) atoms. The van der Waals surface area contributed by atoms with Gasteiger partial charge in [-0.05, 0) is 19.3 Å². The molecule has 0 aromatic carbocycles. The van der Waals surface area contributed by atoms with Crippen molar-refractivity contribution in [1.82, 2.24) is 0 Å². The molecule has 1 fully saturated rings. The Morgan fingerprint density at radius 2 is 2.20 bits per heavy atom. The van der Waals surface area contributed by atoms with Crippen LogP contribution in [-0.4, -0.2) is 42.9 Å². The number of carbonyl (C=O) groups is 1. The molecule has 0 aromatic rings. The second-order valence-corrected chi connectivity index (χ2v) is 7.82. The van der Waals surface area contributed by atoms with Crippen molar-refractivity contribution >= 4 is 14.8 Å². The Kier molecular flexibility index (Phi) is 4.30. The topological polar surface area (TPSA) is 66.8 Å². The SMILES string of the molecule is C[SiH](C)C1(C(O)CC(=O)O)CCCCO1. The molecular weight excluding hydrogens is 212 g/mol. The number of hydrogen-bond donors (Lipinski definition) is 2. The lowest BCUT2D eigenvalue weighted by Gasteiger charge is -2.43. The largest absolute Gasteiger partial charge is 0.481 e. The zero-order chi connectivity index (χ0) is 11.5. The first kappa shape index (κ1) is 12.7. The first-order valence-electron chi connectivity index (χ1n) is 5.53. The number of aliphatic hydroxyl groups excluding tert-OH is 1. The molecule has 1 rings (SSSR count). The number of carboxylic acid groups (broad SMARTS) is 1. The molecule has 1 saturated heterocycles. The van der Waals surface area contributed by atoms with E-state index in [1.807, 2.05) is 0 Å². The lowest BCUT2D eigenvalue weighted by Crippen LogP contribution is -2.56. The highest BCUT2D eigenvalue weighted by molar-refractivity contribution is 6.59. The molecule has 1 heterocycles. The summed E-state index contributed by atoms with van der Waals surface area (Å²) >= 11 is 0.